The van der Waals surface area contributed by atoms with E-state index in [0.717, 1.165) is 25.7 Å². The molecule has 1 fully saturated rings. The largest absolute Gasteiger partial charge is 0.495 e. The van der Waals surface area contributed by atoms with Crippen molar-refractivity contribution in [3.8, 4) is 16.9 Å². The number of carbonyl (C=O) groups is 2. The first-order valence-corrected chi connectivity index (χ1v) is 16.7. The van der Waals surface area contributed by atoms with Crippen LogP contribution in [0.3, 0.4) is 0 Å². The van der Waals surface area contributed by atoms with Gasteiger partial charge in [0, 0.05) is 29.2 Å². The van der Waals surface area contributed by atoms with Crippen LogP contribution in [0.25, 0.3) is 22.2 Å². The van der Waals surface area contributed by atoms with Crippen LogP contribution in [0.1, 0.15) is 46.5 Å². The normalized spacial score (nSPS) is 16.9. The Morgan fingerprint density at radius 3 is 2.41 bits per heavy atom. The van der Waals surface area contributed by atoms with Gasteiger partial charge in [-0.2, -0.15) is 0 Å². The van der Waals surface area contributed by atoms with Crippen molar-refractivity contribution in [2.24, 2.45) is 0 Å². The van der Waals surface area contributed by atoms with E-state index in [4.69, 9.17) is 21.1 Å². The summed E-state index contributed by atoms with van der Waals surface area (Å²) in [5.74, 6) is 0.744. The van der Waals surface area contributed by atoms with Crippen LogP contribution in [0.5, 0.6) is 5.75 Å². The Kier molecular flexibility index (Phi) is 9.73. The molecule has 1 aromatic carbocycles. The van der Waals surface area contributed by atoms with E-state index in [1.807, 2.05) is 6.07 Å². The van der Waals surface area contributed by atoms with Crippen molar-refractivity contribution < 1.29 is 27.5 Å². The van der Waals surface area contributed by atoms with Crippen molar-refractivity contribution in [2.75, 3.05) is 19.0 Å². The van der Waals surface area contributed by atoms with Crippen LogP contribution in [-0.2, 0) is 19.6 Å². The molecule has 1 aliphatic carbocycles. The van der Waals surface area contributed by atoms with Gasteiger partial charge in [0.25, 0.3) is 10.0 Å². The van der Waals surface area contributed by atoms with Gasteiger partial charge in [-0.15, -0.1) is 0 Å². The molecule has 12 nitrogen and oxygen atoms in total. The van der Waals surface area contributed by atoms with Gasteiger partial charge in [0.05, 0.1) is 18.2 Å². The number of hydrogen-bond donors (Lipinski definition) is 3. The van der Waals surface area contributed by atoms with E-state index >= 15 is 0 Å². The van der Waals surface area contributed by atoms with Gasteiger partial charge >= 0.3 is 6.09 Å². The van der Waals surface area contributed by atoms with Gasteiger partial charge in [-0.25, -0.2) is 27.2 Å². The number of carbonyl (C=O) groups excluding carboxylic acids is 2. The third-order valence-electron chi connectivity index (χ3n) is 7.46. The lowest BCUT2D eigenvalue weighted by atomic mass is 9.91. The van der Waals surface area contributed by atoms with Gasteiger partial charge in [-0.3, -0.25) is 4.79 Å². The summed E-state index contributed by atoms with van der Waals surface area (Å²) in [6.45, 7) is 5.11. The molecular weight excluding hydrogens is 632 g/mol. The molecule has 1 aliphatic rings. The average Bonchev–Trinajstić information content (AvgIpc) is 3.40. The van der Waals surface area contributed by atoms with Gasteiger partial charge < -0.3 is 25.4 Å². The zero-order valence-corrected chi connectivity index (χ0v) is 27.6. The minimum absolute atomic E-state index is 0.0194. The summed E-state index contributed by atoms with van der Waals surface area (Å²) < 4.78 is 39.0. The van der Waals surface area contributed by atoms with Gasteiger partial charge in [0.1, 0.15) is 28.9 Å². The van der Waals surface area contributed by atoms with Crippen molar-refractivity contribution in [3.05, 3.63) is 66.1 Å². The monoisotopic (exact) mass is 668 g/mol. The number of nitrogens with one attached hydrogen (secondary N) is 3. The van der Waals surface area contributed by atoms with Crippen LogP contribution in [-0.4, -0.2) is 65.7 Å². The first-order chi connectivity index (χ1) is 21.8. The van der Waals surface area contributed by atoms with E-state index < -0.39 is 21.7 Å². The molecule has 5 rings (SSSR count). The fourth-order valence-electron chi connectivity index (χ4n) is 5.35. The van der Waals surface area contributed by atoms with Crippen molar-refractivity contribution in [3.63, 3.8) is 0 Å². The van der Waals surface area contributed by atoms with Crippen molar-refractivity contribution in [1.29, 1.82) is 0 Å². The van der Waals surface area contributed by atoms with Crippen molar-refractivity contribution in [2.45, 2.75) is 69.0 Å². The molecule has 14 heteroatoms. The van der Waals surface area contributed by atoms with Gasteiger partial charge in [-0.05, 0) is 82.3 Å². The lowest BCUT2D eigenvalue weighted by Gasteiger charge is -2.30. The Balaban J connectivity index is 1.30. The summed E-state index contributed by atoms with van der Waals surface area (Å²) in [4.78, 5) is 33.2. The number of alkyl carbamates (subject to hydrolysis) is 1. The number of amides is 2. The maximum absolute atomic E-state index is 13.6. The Labute approximate surface area is 272 Å². The Hall–Kier alpha value is -4.36. The highest BCUT2D eigenvalue weighted by molar-refractivity contribution is 7.90. The van der Waals surface area contributed by atoms with Crippen LogP contribution in [0.15, 0.2) is 65.8 Å². The summed E-state index contributed by atoms with van der Waals surface area (Å²) >= 11 is 6.48. The van der Waals surface area contributed by atoms with Gasteiger partial charge in [-0.1, -0.05) is 29.8 Å². The smallest absolute Gasteiger partial charge is 0.408 e. The molecule has 46 heavy (non-hydrogen) atoms. The SMILES string of the molecule is COc1cnc2c(c1)c(-c1cc(Cl)nc(NC3CCC(NC(=O)CNC(=O)OC(C)(C)C)CC3)c1)cn2S(=O)(=O)c1ccccc1. The first-order valence-electron chi connectivity index (χ1n) is 14.9. The molecule has 3 heterocycles. The van der Waals surface area contributed by atoms with E-state index in [1.165, 1.54) is 29.4 Å². The van der Waals surface area contributed by atoms with Crippen LogP contribution >= 0.6 is 11.6 Å². The van der Waals surface area contributed by atoms with Gasteiger partial charge in [0.15, 0.2) is 5.65 Å². The number of fused-ring (bicyclic) bond motifs is 1. The Bertz CT molecular complexity index is 1830. The lowest BCUT2D eigenvalue weighted by Crippen LogP contribution is -2.45. The van der Waals surface area contributed by atoms with Crippen LogP contribution in [0, 0.1) is 0 Å². The third kappa shape index (κ3) is 7.88. The molecule has 3 N–H and O–H groups in total. The van der Waals surface area contributed by atoms with Crippen LogP contribution in [0.2, 0.25) is 5.15 Å². The van der Waals surface area contributed by atoms with Crippen molar-refractivity contribution >= 4 is 50.5 Å². The number of hydrogen-bond acceptors (Lipinski definition) is 9. The molecule has 0 aliphatic heterocycles. The predicted octanol–water partition coefficient (Wildman–Crippen LogP) is 5.36. The molecule has 0 radical (unpaired) electrons. The van der Waals surface area contributed by atoms with Crippen LogP contribution < -0.4 is 20.7 Å². The number of aromatic nitrogens is 3. The second kappa shape index (κ2) is 13.6. The molecule has 2 amide bonds. The average molecular weight is 669 g/mol. The summed E-state index contributed by atoms with van der Waals surface area (Å²) in [6, 6.07) is 13.5. The first kappa shape index (κ1) is 33.0. The highest BCUT2D eigenvalue weighted by Crippen LogP contribution is 2.36. The zero-order chi connectivity index (χ0) is 33.1. The number of pyridine rings is 2. The Morgan fingerprint density at radius 2 is 1.74 bits per heavy atom. The fourth-order valence-corrected chi connectivity index (χ4v) is 6.91. The number of ether oxygens (including phenoxy) is 2. The maximum atomic E-state index is 13.6. The number of methoxy groups -OCH3 is 1. The molecular formula is C32H37ClN6O6S. The van der Waals surface area contributed by atoms with E-state index in [9.17, 15) is 18.0 Å². The highest BCUT2D eigenvalue weighted by atomic mass is 35.5. The highest BCUT2D eigenvalue weighted by Gasteiger charge is 2.26. The Morgan fingerprint density at radius 1 is 1.04 bits per heavy atom. The van der Waals surface area contributed by atoms with Gasteiger partial charge in [0.2, 0.25) is 5.91 Å². The lowest BCUT2D eigenvalue weighted by molar-refractivity contribution is -0.121. The molecule has 0 saturated heterocycles. The fraction of sp³-hybridized carbons (Fsp3) is 0.375. The zero-order valence-electron chi connectivity index (χ0n) is 26.0. The molecule has 1 saturated carbocycles. The summed E-state index contributed by atoms with van der Waals surface area (Å²) in [6.07, 6.45) is 5.39. The number of nitrogens with zero attached hydrogens (tertiary/aromatic N) is 3. The van der Waals surface area contributed by atoms with Crippen molar-refractivity contribution in [1.82, 2.24) is 24.6 Å². The summed E-state index contributed by atoms with van der Waals surface area (Å²) in [7, 11) is -2.43. The third-order valence-corrected chi connectivity index (χ3v) is 9.32. The predicted molar refractivity (Wildman–Crippen MR) is 176 cm³/mol. The van der Waals surface area contributed by atoms with E-state index in [2.05, 4.69) is 25.9 Å². The molecule has 0 atom stereocenters. The topological polar surface area (TPSA) is 154 Å². The van der Waals surface area contributed by atoms with E-state index in [1.54, 1.807) is 57.3 Å². The second-order valence-corrected chi connectivity index (χ2v) is 14.3. The van der Waals surface area contributed by atoms with Crippen LogP contribution in [0.4, 0.5) is 10.6 Å². The molecule has 0 unspecified atom stereocenters. The quantitative estimate of drug-likeness (QED) is 0.200. The molecule has 0 spiro atoms. The maximum Gasteiger partial charge on any atom is 0.408 e. The number of benzene rings is 1. The summed E-state index contributed by atoms with van der Waals surface area (Å²) in [5, 5.41) is 9.71. The second-order valence-electron chi connectivity index (χ2n) is 12.1. The van der Waals surface area contributed by atoms with E-state index in [-0.39, 0.29) is 40.2 Å². The molecule has 0 bridgehead atoms. The molecule has 3 aromatic heterocycles. The number of halogens is 1. The number of rotatable bonds is 9. The molecule has 244 valence electrons. The van der Waals surface area contributed by atoms with E-state index in [0.29, 0.717) is 28.1 Å². The summed E-state index contributed by atoms with van der Waals surface area (Å²) in [5.41, 5.74) is 0.864. The molecule has 4 aromatic rings. The minimum atomic E-state index is -3.95. The minimum Gasteiger partial charge on any atom is -0.495 e. The number of anilines is 1. The standard InChI is InChI=1S/C32H37ClN6O6S/c1-32(2,3)45-31(41)35-18-29(40)37-22-12-10-21(11-13-22)36-28-15-20(14-27(33)38-28)26-19-39(30-25(26)16-23(44-4)17-34-30)46(42,43)24-8-6-5-7-9-24/h5-9,14-17,19,21-22H,10-13,18H2,1-4H3,(H,35,41)(H,36,38)(H,37,40).